The Morgan fingerprint density at radius 3 is 2.46 bits per heavy atom. The molecule has 2 amide bonds. The Bertz CT molecular complexity index is 653. The van der Waals surface area contributed by atoms with Crippen LogP contribution in [0.4, 0.5) is 4.79 Å². The van der Waals surface area contributed by atoms with Crippen LogP contribution in [0.5, 0.6) is 0 Å². The van der Waals surface area contributed by atoms with Gasteiger partial charge in [-0.2, -0.15) is 0 Å². The molecule has 1 rings (SSSR count). The maximum atomic E-state index is 12.0. The number of esters is 1. The zero-order chi connectivity index (χ0) is 20.8. The van der Waals surface area contributed by atoms with E-state index in [9.17, 15) is 19.2 Å². The van der Waals surface area contributed by atoms with Crippen molar-refractivity contribution in [1.29, 1.82) is 0 Å². The first-order valence-electron chi connectivity index (χ1n) is 8.96. The number of alkyl carbamates (subject to hydrolysis) is 1. The summed E-state index contributed by atoms with van der Waals surface area (Å²) >= 11 is 1.12. The van der Waals surface area contributed by atoms with Gasteiger partial charge in [0.05, 0.1) is 6.61 Å². The highest BCUT2D eigenvalue weighted by Gasteiger charge is 2.23. The SMILES string of the molecule is CCOC(=O)[C@H](CCC(=O)NCCSC(C)=O)NC(=O)OCc1ccccc1. The molecule has 0 heterocycles. The fourth-order valence-corrected chi connectivity index (χ4v) is 2.64. The first-order chi connectivity index (χ1) is 13.4. The van der Waals surface area contributed by atoms with Crippen LogP contribution < -0.4 is 10.6 Å². The van der Waals surface area contributed by atoms with Crippen molar-refractivity contribution in [1.82, 2.24) is 10.6 Å². The van der Waals surface area contributed by atoms with Crippen molar-refractivity contribution in [2.24, 2.45) is 0 Å². The molecule has 0 aliphatic rings. The highest BCUT2D eigenvalue weighted by atomic mass is 32.2. The second-order valence-corrected chi connectivity index (χ2v) is 7.01. The number of rotatable bonds is 11. The number of thioether (sulfide) groups is 1. The first kappa shape index (κ1) is 23.5. The minimum absolute atomic E-state index is 0.0187. The maximum absolute atomic E-state index is 12.0. The van der Waals surface area contributed by atoms with Crippen molar-refractivity contribution in [3.05, 3.63) is 35.9 Å². The number of amides is 2. The monoisotopic (exact) mass is 410 g/mol. The molecule has 0 saturated carbocycles. The van der Waals surface area contributed by atoms with Crippen molar-refractivity contribution in [3.8, 4) is 0 Å². The Labute approximate surface area is 168 Å². The van der Waals surface area contributed by atoms with Crippen molar-refractivity contribution in [2.45, 2.75) is 39.3 Å². The summed E-state index contributed by atoms with van der Waals surface area (Å²) in [6.07, 6.45) is -0.668. The summed E-state index contributed by atoms with van der Waals surface area (Å²) in [6, 6.07) is 8.14. The molecule has 0 unspecified atom stereocenters. The lowest BCUT2D eigenvalue weighted by molar-refractivity contribution is -0.145. The van der Waals surface area contributed by atoms with Crippen LogP contribution in [0.1, 0.15) is 32.3 Å². The third kappa shape index (κ3) is 10.6. The predicted molar refractivity (Wildman–Crippen MR) is 106 cm³/mol. The second-order valence-electron chi connectivity index (χ2n) is 5.74. The molecule has 0 aromatic heterocycles. The number of benzene rings is 1. The van der Waals surface area contributed by atoms with Gasteiger partial charge in [0.1, 0.15) is 12.6 Å². The van der Waals surface area contributed by atoms with E-state index in [-0.39, 0.29) is 37.1 Å². The van der Waals surface area contributed by atoms with E-state index in [1.165, 1.54) is 6.92 Å². The summed E-state index contributed by atoms with van der Waals surface area (Å²) in [6.45, 7) is 3.68. The zero-order valence-electron chi connectivity index (χ0n) is 16.1. The van der Waals surface area contributed by atoms with Gasteiger partial charge < -0.3 is 20.1 Å². The van der Waals surface area contributed by atoms with Gasteiger partial charge in [-0.15, -0.1) is 0 Å². The Morgan fingerprint density at radius 1 is 1.11 bits per heavy atom. The van der Waals surface area contributed by atoms with Gasteiger partial charge in [-0.3, -0.25) is 9.59 Å². The average molecular weight is 410 g/mol. The van der Waals surface area contributed by atoms with Gasteiger partial charge in [0.15, 0.2) is 5.12 Å². The van der Waals surface area contributed by atoms with Crippen LogP contribution in [0.15, 0.2) is 30.3 Å². The number of hydrogen-bond donors (Lipinski definition) is 2. The summed E-state index contributed by atoms with van der Waals surface area (Å²) in [5.41, 5.74) is 0.813. The lowest BCUT2D eigenvalue weighted by Crippen LogP contribution is -2.43. The van der Waals surface area contributed by atoms with Gasteiger partial charge in [-0.05, 0) is 18.9 Å². The Hall–Kier alpha value is -2.55. The Balaban J connectivity index is 2.44. The molecule has 9 heteroatoms. The van der Waals surface area contributed by atoms with E-state index in [1.807, 2.05) is 30.3 Å². The topological polar surface area (TPSA) is 111 Å². The largest absolute Gasteiger partial charge is 0.464 e. The van der Waals surface area contributed by atoms with E-state index < -0.39 is 18.1 Å². The fraction of sp³-hybridized carbons (Fsp3) is 0.474. The molecule has 8 nitrogen and oxygen atoms in total. The van der Waals surface area contributed by atoms with E-state index in [1.54, 1.807) is 6.92 Å². The molecule has 0 spiro atoms. The minimum atomic E-state index is -0.986. The molecule has 1 aromatic rings. The highest BCUT2D eigenvalue weighted by Crippen LogP contribution is 2.05. The molecule has 154 valence electrons. The molecule has 1 atom stereocenters. The molecule has 0 aliphatic heterocycles. The number of ether oxygens (including phenoxy) is 2. The number of hydrogen-bond acceptors (Lipinski definition) is 7. The minimum Gasteiger partial charge on any atom is -0.464 e. The molecule has 2 N–H and O–H groups in total. The van der Waals surface area contributed by atoms with Crippen molar-refractivity contribution in [3.63, 3.8) is 0 Å². The van der Waals surface area contributed by atoms with Crippen LogP contribution in [0.2, 0.25) is 0 Å². The number of carbonyl (C=O) groups is 4. The summed E-state index contributed by atoms with van der Waals surface area (Å²) in [5, 5.41) is 5.08. The number of nitrogens with one attached hydrogen (secondary N) is 2. The van der Waals surface area contributed by atoms with Gasteiger partial charge in [-0.25, -0.2) is 9.59 Å². The van der Waals surface area contributed by atoms with Gasteiger partial charge >= 0.3 is 12.1 Å². The summed E-state index contributed by atoms with van der Waals surface area (Å²) in [7, 11) is 0. The molecular formula is C19H26N2O6S. The van der Waals surface area contributed by atoms with E-state index in [4.69, 9.17) is 9.47 Å². The lowest BCUT2D eigenvalue weighted by Gasteiger charge is -2.17. The zero-order valence-corrected chi connectivity index (χ0v) is 16.9. The normalized spacial score (nSPS) is 11.2. The van der Waals surface area contributed by atoms with Gasteiger partial charge in [0.2, 0.25) is 5.91 Å². The summed E-state index contributed by atoms with van der Waals surface area (Å²) < 4.78 is 10.0. The van der Waals surface area contributed by atoms with Crippen LogP contribution in [0.25, 0.3) is 0 Å². The van der Waals surface area contributed by atoms with Crippen LogP contribution in [0.3, 0.4) is 0 Å². The third-order valence-corrected chi connectivity index (χ3v) is 4.28. The van der Waals surface area contributed by atoms with Crippen LogP contribution >= 0.6 is 11.8 Å². The fourth-order valence-electron chi connectivity index (χ4n) is 2.15. The van der Waals surface area contributed by atoms with Crippen molar-refractivity contribution < 1.29 is 28.7 Å². The molecule has 28 heavy (non-hydrogen) atoms. The highest BCUT2D eigenvalue weighted by molar-refractivity contribution is 8.13. The van der Waals surface area contributed by atoms with Gasteiger partial charge in [0.25, 0.3) is 0 Å². The smallest absolute Gasteiger partial charge is 0.408 e. The van der Waals surface area contributed by atoms with E-state index >= 15 is 0 Å². The standard InChI is InChI=1S/C19H26N2O6S/c1-3-26-18(24)16(9-10-17(23)20-11-12-28-14(2)22)21-19(25)27-13-15-7-5-4-6-8-15/h4-8,16H,3,9-13H2,1-2H3,(H,20,23)(H,21,25)/t16-/m0/s1. The Kier molecular flexibility index (Phi) is 11.4. The van der Waals surface area contributed by atoms with Gasteiger partial charge in [0, 0.05) is 25.6 Å². The summed E-state index contributed by atoms with van der Waals surface area (Å²) in [4.78, 5) is 46.7. The molecule has 0 saturated heterocycles. The van der Waals surface area contributed by atoms with Crippen LogP contribution in [0, 0.1) is 0 Å². The van der Waals surface area contributed by atoms with Crippen molar-refractivity contribution in [2.75, 3.05) is 18.9 Å². The molecule has 0 fully saturated rings. The molecular weight excluding hydrogens is 384 g/mol. The first-order valence-corrected chi connectivity index (χ1v) is 9.94. The average Bonchev–Trinajstić information content (AvgIpc) is 2.67. The molecule has 1 aromatic carbocycles. The predicted octanol–water partition coefficient (Wildman–Crippen LogP) is 2.02. The van der Waals surface area contributed by atoms with E-state index in [0.29, 0.717) is 12.3 Å². The van der Waals surface area contributed by atoms with Crippen LogP contribution in [-0.4, -0.2) is 48.0 Å². The quantitative estimate of drug-likeness (QED) is 0.424. The molecule has 0 bridgehead atoms. The van der Waals surface area contributed by atoms with E-state index in [2.05, 4.69) is 10.6 Å². The van der Waals surface area contributed by atoms with Crippen molar-refractivity contribution >= 4 is 34.8 Å². The number of carbonyl (C=O) groups excluding carboxylic acids is 4. The van der Waals surface area contributed by atoms with Gasteiger partial charge in [-0.1, -0.05) is 42.1 Å². The molecule has 0 radical (unpaired) electrons. The van der Waals surface area contributed by atoms with E-state index in [0.717, 1.165) is 17.3 Å². The third-order valence-electron chi connectivity index (χ3n) is 3.47. The second kappa shape index (κ2) is 13.6. The maximum Gasteiger partial charge on any atom is 0.408 e. The summed E-state index contributed by atoms with van der Waals surface area (Å²) in [5.74, 6) is -0.427. The van der Waals surface area contributed by atoms with Crippen LogP contribution in [-0.2, 0) is 30.5 Å². The molecule has 0 aliphatic carbocycles. The lowest BCUT2D eigenvalue weighted by atomic mass is 10.1. The Morgan fingerprint density at radius 2 is 1.82 bits per heavy atom.